The molecule has 90 valence electrons. The van der Waals surface area contributed by atoms with Crippen LogP contribution in [0.1, 0.15) is 5.82 Å². The second kappa shape index (κ2) is 4.82. The third-order valence-corrected chi connectivity index (χ3v) is 2.98. The molecule has 1 heterocycles. The van der Waals surface area contributed by atoms with E-state index in [1.165, 1.54) is 11.0 Å². The van der Waals surface area contributed by atoms with Crippen LogP contribution in [0.3, 0.4) is 0 Å². The highest BCUT2D eigenvalue weighted by Gasteiger charge is 2.30. The maximum absolute atomic E-state index is 6.04. The molecule has 8 heteroatoms. The van der Waals surface area contributed by atoms with Crippen LogP contribution in [0, 0.1) is 0 Å². The van der Waals surface area contributed by atoms with Gasteiger partial charge in [0.05, 0.1) is 10.7 Å². The molecule has 0 saturated heterocycles. The lowest BCUT2D eigenvalue weighted by molar-refractivity contribution is 0.810. The molecule has 0 radical (unpaired) electrons. The number of nitrogens with zero attached hydrogens (tertiary/aromatic N) is 3. The molecule has 0 aliphatic heterocycles. The van der Waals surface area contributed by atoms with Crippen LogP contribution < -0.4 is 0 Å². The molecule has 0 atom stereocenters. The van der Waals surface area contributed by atoms with Crippen LogP contribution in [0.15, 0.2) is 24.5 Å². The van der Waals surface area contributed by atoms with Crippen LogP contribution in [-0.2, 0) is 3.79 Å². The van der Waals surface area contributed by atoms with Crippen LogP contribution in [0.2, 0.25) is 10.0 Å². The first kappa shape index (κ1) is 13.2. The highest BCUT2D eigenvalue weighted by Crippen LogP contribution is 2.38. The van der Waals surface area contributed by atoms with E-state index in [2.05, 4.69) is 10.1 Å². The predicted octanol–water partition coefficient (Wildman–Crippen LogP) is 4.40. The van der Waals surface area contributed by atoms with Gasteiger partial charge in [-0.2, -0.15) is 5.10 Å². The number of aromatic nitrogens is 3. The van der Waals surface area contributed by atoms with Crippen molar-refractivity contribution in [1.82, 2.24) is 14.8 Å². The molecule has 0 amide bonds. The normalized spacial score (nSPS) is 11.8. The minimum atomic E-state index is -1.68. The third-order valence-electron chi connectivity index (χ3n) is 1.94. The molecule has 0 N–H and O–H groups in total. The quantitative estimate of drug-likeness (QED) is 0.725. The summed E-state index contributed by atoms with van der Waals surface area (Å²) in [5.41, 5.74) is 0.537. The van der Waals surface area contributed by atoms with E-state index in [9.17, 15) is 0 Å². The summed E-state index contributed by atoms with van der Waals surface area (Å²) in [7, 11) is 0. The van der Waals surface area contributed by atoms with Gasteiger partial charge >= 0.3 is 0 Å². The zero-order valence-electron chi connectivity index (χ0n) is 8.04. The molecule has 1 aromatic heterocycles. The Morgan fingerprint density at radius 1 is 1.12 bits per heavy atom. The topological polar surface area (TPSA) is 30.7 Å². The summed E-state index contributed by atoms with van der Waals surface area (Å²) in [5, 5.41) is 4.86. The minimum absolute atomic E-state index is 0.159. The van der Waals surface area contributed by atoms with E-state index in [4.69, 9.17) is 58.0 Å². The summed E-state index contributed by atoms with van der Waals surface area (Å²) in [4.78, 5) is 3.89. The van der Waals surface area contributed by atoms with Crippen molar-refractivity contribution in [2.45, 2.75) is 3.79 Å². The SMILES string of the molecule is Clc1ccc(-n2ncnc2C(Cl)(Cl)Cl)c(Cl)c1. The number of hydrogen-bond donors (Lipinski definition) is 0. The molecular formula is C9H4Cl5N3. The Hall–Kier alpha value is -0.190. The maximum Gasteiger partial charge on any atom is 0.250 e. The van der Waals surface area contributed by atoms with Crippen LogP contribution in [0.5, 0.6) is 0 Å². The first-order chi connectivity index (χ1) is 7.89. The van der Waals surface area contributed by atoms with Crippen molar-refractivity contribution >= 4 is 58.0 Å². The van der Waals surface area contributed by atoms with Gasteiger partial charge in [-0.1, -0.05) is 58.0 Å². The molecule has 0 spiro atoms. The lowest BCUT2D eigenvalue weighted by atomic mass is 10.3. The molecule has 2 aromatic rings. The van der Waals surface area contributed by atoms with E-state index in [1.54, 1.807) is 18.2 Å². The maximum atomic E-state index is 6.04. The van der Waals surface area contributed by atoms with Gasteiger partial charge in [0.1, 0.15) is 6.33 Å². The Bertz CT molecular complexity index is 546. The van der Waals surface area contributed by atoms with Gasteiger partial charge in [-0.15, -0.1) is 0 Å². The van der Waals surface area contributed by atoms with E-state index >= 15 is 0 Å². The summed E-state index contributed by atoms with van der Waals surface area (Å²) in [6.07, 6.45) is 1.28. The van der Waals surface area contributed by atoms with Crippen molar-refractivity contribution in [3.05, 3.63) is 40.4 Å². The third kappa shape index (κ3) is 2.80. The molecule has 0 aliphatic carbocycles. The van der Waals surface area contributed by atoms with Gasteiger partial charge in [-0.05, 0) is 18.2 Å². The molecule has 1 aromatic carbocycles. The average molecular weight is 331 g/mol. The summed E-state index contributed by atoms with van der Waals surface area (Å²) in [6.45, 7) is 0. The van der Waals surface area contributed by atoms with Crippen LogP contribution in [0.4, 0.5) is 0 Å². The van der Waals surface area contributed by atoms with Crippen LogP contribution in [-0.4, -0.2) is 14.8 Å². The van der Waals surface area contributed by atoms with E-state index in [1.807, 2.05) is 0 Å². The number of hydrogen-bond acceptors (Lipinski definition) is 2. The highest BCUT2D eigenvalue weighted by atomic mass is 35.6. The minimum Gasteiger partial charge on any atom is -0.215 e. The van der Waals surface area contributed by atoms with Gasteiger partial charge in [0.15, 0.2) is 5.82 Å². The fourth-order valence-corrected chi connectivity index (χ4v) is 2.14. The number of halogens is 5. The molecule has 0 bridgehead atoms. The molecule has 2 rings (SSSR count). The standard InChI is InChI=1S/C9H4Cl5N3/c10-5-1-2-7(6(11)3-5)17-8(9(12,13)14)15-4-16-17/h1-4H. The second-order valence-corrected chi connectivity index (χ2v) is 6.21. The van der Waals surface area contributed by atoms with Crippen molar-refractivity contribution in [3.8, 4) is 5.69 Å². The zero-order valence-corrected chi connectivity index (χ0v) is 11.8. The van der Waals surface area contributed by atoms with E-state index in [0.717, 1.165) is 0 Å². The number of benzene rings is 1. The van der Waals surface area contributed by atoms with Gasteiger partial charge in [0.2, 0.25) is 3.79 Å². The van der Waals surface area contributed by atoms with Gasteiger partial charge in [0.25, 0.3) is 0 Å². The molecule has 0 unspecified atom stereocenters. The Morgan fingerprint density at radius 3 is 2.41 bits per heavy atom. The van der Waals surface area contributed by atoms with Gasteiger partial charge < -0.3 is 0 Å². The van der Waals surface area contributed by atoms with Gasteiger partial charge in [0, 0.05) is 5.02 Å². The first-order valence-corrected chi connectivity index (χ1v) is 6.21. The zero-order chi connectivity index (χ0) is 12.6. The Kier molecular flexibility index (Phi) is 3.76. The molecule has 0 saturated carbocycles. The smallest absolute Gasteiger partial charge is 0.215 e. The lowest BCUT2D eigenvalue weighted by Gasteiger charge is -2.13. The second-order valence-electron chi connectivity index (χ2n) is 3.09. The van der Waals surface area contributed by atoms with Crippen LogP contribution >= 0.6 is 58.0 Å². The average Bonchev–Trinajstić information content (AvgIpc) is 2.65. The molecule has 0 aliphatic rings. The highest BCUT2D eigenvalue weighted by molar-refractivity contribution is 6.66. The largest absolute Gasteiger partial charge is 0.250 e. The Balaban J connectivity index is 2.58. The molecule has 17 heavy (non-hydrogen) atoms. The molecular weight excluding hydrogens is 327 g/mol. The summed E-state index contributed by atoms with van der Waals surface area (Å²) in [5.74, 6) is 0.159. The predicted molar refractivity (Wildman–Crippen MR) is 70.6 cm³/mol. The Morgan fingerprint density at radius 2 is 1.82 bits per heavy atom. The Labute approximate surface area is 122 Å². The van der Waals surface area contributed by atoms with Gasteiger partial charge in [-0.25, -0.2) is 9.67 Å². The fraction of sp³-hybridized carbons (Fsp3) is 0.111. The van der Waals surface area contributed by atoms with Crippen molar-refractivity contribution in [2.75, 3.05) is 0 Å². The van der Waals surface area contributed by atoms with E-state index in [-0.39, 0.29) is 5.82 Å². The summed E-state index contributed by atoms with van der Waals surface area (Å²) < 4.78 is -0.328. The summed E-state index contributed by atoms with van der Waals surface area (Å²) >= 11 is 29.2. The van der Waals surface area contributed by atoms with Crippen molar-refractivity contribution in [3.63, 3.8) is 0 Å². The van der Waals surface area contributed by atoms with Gasteiger partial charge in [-0.3, -0.25) is 0 Å². The van der Waals surface area contributed by atoms with Crippen LogP contribution in [0.25, 0.3) is 5.69 Å². The summed E-state index contributed by atoms with van der Waals surface area (Å²) in [6, 6.07) is 4.90. The van der Waals surface area contributed by atoms with Crippen molar-refractivity contribution in [1.29, 1.82) is 0 Å². The number of alkyl halides is 3. The van der Waals surface area contributed by atoms with E-state index < -0.39 is 3.79 Å². The monoisotopic (exact) mass is 329 g/mol. The molecule has 0 fully saturated rings. The molecule has 3 nitrogen and oxygen atoms in total. The van der Waals surface area contributed by atoms with Crippen molar-refractivity contribution in [2.24, 2.45) is 0 Å². The lowest BCUT2D eigenvalue weighted by Crippen LogP contribution is -2.12. The fourth-order valence-electron chi connectivity index (χ4n) is 1.26. The van der Waals surface area contributed by atoms with Crippen molar-refractivity contribution < 1.29 is 0 Å². The van der Waals surface area contributed by atoms with E-state index in [0.29, 0.717) is 15.7 Å². The number of rotatable bonds is 1. The first-order valence-electron chi connectivity index (χ1n) is 4.32.